The lowest BCUT2D eigenvalue weighted by atomic mass is 9.97. The number of nitrogens with zero attached hydrogens (tertiary/aromatic N) is 1. The number of hydrogen-bond donors (Lipinski definition) is 1. The molecule has 0 aliphatic carbocycles. The molecule has 0 aliphatic heterocycles. The van der Waals surface area contributed by atoms with E-state index in [4.69, 9.17) is 10.4 Å². The van der Waals surface area contributed by atoms with Crippen molar-refractivity contribution in [2.45, 2.75) is 11.2 Å². The zero-order chi connectivity index (χ0) is 10.8. The second kappa shape index (κ2) is 3.81. The van der Waals surface area contributed by atoms with Crippen LogP contribution in [-0.2, 0) is 4.32 Å². The van der Waals surface area contributed by atoms with Crippen molar-refractivity contribution in [3.8, 4) is 6.07 Å². The summed E-state index contributed by atoms with van der Waals surface area (Å²) in [5.41, 5.74) is 0.614. The second-order valence-electron chi connectivity index (χ2n) is 2.97. The Balaban J connectivity index is 3.36. The maximum atomic E-state index is 10.9. The van der Waals surface area contributed by atoms with Crippen LogP contribution in [-0.4, -0.2) is 11.1 Å². The largest absolute Gasteiger partial charge is 0.478 e. The van der Waals surface area contributed by atoms with E-state index < -0.39 is 10.3 Å². The molecule has 0 bridgehead atoms. The molecule has 0 radical (unpaired) electrons. The van der Waals surface area contributed by atoms with Gasteiger partial charge in [0.1, 0.15) is 4.32 Å². The quantitative estimate of drug-likeness (QED) is 0.825. The molecule has 14 heavy (non-hydrogen) atoms. The molecule has 1 aromatic rings. The van der Waals surface area contributed by atoms with Crippen LogP contribution in [0.1, 0.15) is 22.8 Å². The van der Waals surface area contributed by atoms with Gasteiger partial charge in [-0.3, -0.25) is 0 Å². The van der Waals surface area contributed by atoms with Crippen LogP contribution in [0.4, 0.5) is 0 Å². The molecule has 0 saturated carbocycles. The van der Waals surface area contributed by atoms with Crippen molar-refractivity contribution < 1.29 is 9.90 Å². The molecule has 1 aromatic carbocycles. The molecule has 1 unspecified atom stereocenters. The molecule has 0 fully saturated rings. The van der Waals surface area contributed by atoms with Crippen LogP contribution in [0.15, 0.2) is 24.3 Å². The predicted octanol–water partition coefficient (Wildman–Crippen LogP) is 2.52. The molecule has 0 amide bonds. The van der Waals surface area contributed by atoms with E-state index >= 15 is 0 Å². The van der Waals surface area contributed by atoms with Gasteiger partial charge in [0, 0.05) is 0 Å². The van der Waals surface area contributed by atoms with Crippen LogP contribution in [0.2, 0.25) is 0 Å². The van der Waals surface area contributed by atoms with Gasteiger partial charge in [0.05, 0.1) is 11.6 Å². The molecule has 0 aromatic heterocycles. The Kier molecular flexibility index (Phi) is 2.92. The molecular weight excluding hydrogens is 246 g/mol. The minimum atomic E-state index is -1.03. The lowest BCUT2D eigenvalue weighted by molar-refractivity contribution is 0.0695. The van der Waals surface area contributed by atoms with E-state index in [0.29, 0.717) is 5.56 Å². The first-order valence-corrected chi connectivity index (χ1v) is 4.71. The fourth-order valence-electron chi connectivity index (χ4n) is 1.14. The van der Waals surface area contributed by atoms with E-state index in [0.717, 1.165) is 0 Å². The predicted molar refractivity (Wildman–Crippen MR) is 55.3 cm³/mol. The number of alkyl halides is 1. The molecular formula is C10H8BrNO2. The van der Waals surface area contributed by atoms with Gasteiger partial charge in [0.2, 0.25) is 0 Å². The standard InChI is InChI=1S/C10H8BrNO2/c1-10(11,6-12)8-5-3-2-4-7(8)9(13)14/h2-5H,1H3,(H,13,14). The maximum absolute atomic E-state index is 10.9. The van der Waals surface area contributed by atoms with Crippen molar-refractivity contribution in [3.63, 3.8) is 0 Å². The number of halogens is 1. The van der Waals surface area contributed by atoms with Crippen molar-refractivity contribution in [3.05, 3.63) is 35.4 Å². The Hall–Kier alpha value is -1.34. The highest BCUT2D eigenvalue weighted by Crippen LogP contribution is 2.32. The van der Waals surface area contributed by atoms with E-state index in [1.54, 1.807) is 25.1 Å². The normalized spacial score (nSPS) is 14.1. The zero-order valence-electron chi connectivity index (χ0n) is 7.49. The van der Waals surface area contributed by atoms with Crippen LogP contribution in [0.5, 0.6) is 0 Å². The fraction of sp³-hybridized carbons (Fsp3) is 0.200. The van der Waals surface area contributed by atoms with Gasteiger partial charge in [-0.2, -0.15) is 5.26 Å². The molecule has 4 heteroatoms. The monoisotopic (exact) mass is 253 g/mol. The minimum absolute atomic E-state index is 0.147. The summed E-state index contributed by atoms with van der Waals surface area (Å²) >= 11 is 3.18. The summed E-state index contributed by atoms with van der Waals surface area (Å²) in [6.45, 7) is 1.62. The number of benzene rings is 1. The number of hydrogen-bond acceptors (Lipinski definition) is 2. The van der Waals surface area contributed by atoms with E-state index in [1.807, 2.05) is 6.07 Å². The fourth-order valence-corrected chi connectivity index (χ4v) is 1.48. The Labute approximate surface area is 90.1 Å². The van der Waals surface area contributed by atoms with Crippen LogP contribution in [0.3, 0.4) is 0 Å². The second-order valence-corrected chi connectivity index (χ2v) is 4.55. The topological polar surface area (TPSA) is 61.1 Å². The van der Waals surface area contributed by atoms with Crippen LogP contribution in [0, 0.1) is 11.3 Å². The third-order valence-corrected chi connectivity index (χ3v) is 2.48. The van der Waals surface area contributed by atoms with Gasteiger partial charge in [0.15, 0.2) is 0 Å². The van der Waals surface area contributed by atoms with Crippen molar-refractivity contribution in [2.75, 3.05) is 0 Å². The molecule has 0 heterocycles. The number of carboxylic acids is 1. The van der Waals surface area contributed by atoms with Crippen molar-refractivity contribution in [1.29, 1.82) is 5.26 Å². The van der Waals surface area contributed by atoms with E-state index in [-0.39, 0.29) is 5.56 Å². The third-order valence-electron chi connectivity index (χ3n) is 1.87. The first-order valence-electron chi connectivity index (χ1n) is 3.92. The van der Waals surface area contributed by atoms with Crippen LogP contribution < -0.4 is 0 Å². The average molecular weight is 254 g/mol. The molecule has 1 rings (SSSR count). The summed E-state index contributed by atoms with van der Waals surface area (Å²) in [6.07, 6.45) is 0. The summed E-state index contributed by atoms with van der Waals surface area (Å²) < 4.78 is -0.956. The van der Waals surface area contributed by atoms with Gasteiger partial charge in [-0.25, -0.2) is 4.79 Å². The van der Waals surface area contributed by atoms with E-state index in [2.05, 4.69) is 15.9 Å². The highest BCUT2D eigenvalue weighted by Gasteiger charge is 2.27. The van der Waals surface area contributed by atoms with Gasteiger partial charge in [-0.05, 0) is 18.6 Å². The maximum Gasteiger partial charge on any atom is 0.336 e. The molecule has 1 N–H and O–H groups in total. The summed E-state index contributed by atoms with van der Waals surface area (Å²) in [4.78, 5) is 10.9. The summed E-state index contributed by atoms with van der Waals surface area (Å²) in [7, 11) is 0. The smallest absolute Gasteiger partial charge is 0.336 e. The Morgan fingerprint density at radius 3 is 2.64 bits per heavy atom. The van der Waals surface area contributed by atoms with Gasteiger partial charge in [-0.15, -0.1) is 0 Å². The average Bonchev–Trinajstić information content (AvgIpc) is 2.18. The lowest BCUT2D eigenvalue weighted by Crippen LogP contribution is -2.15. The molecule has 3 nitrogen and oxygen atoms in total. The van der Waals surface area contributed by atoms with Crippen LogP contribution >= 0.6 is 15.9 Å². The highest BCUT2D eigenvalue weighted by molar-refractivity contribution is 9.09. The summed E-state index contributed by atoms with van der Waals surface area (Å²) in [5.74, 6) is -1.03. The molecule has 0 saturated heterocycles. The number of nitriles is 1. The number of carboxylic acid groups (broad SMARTS) is 1. The molecule has 0 spiro atoms. The van der Waals surface area contributed by atoms with E-state index in [1.165, 1.54) is 6.07 Å². The van der Waals surface area contributed by atoms with Gasteiger partial charge in [-0.1, -0.05) is 34.1 Å². The molecule has 1 atom stereocenters. The molecule has 0 aliphatic rings. The summed E-state index contributed by atoms with van der Waals surface area (Å²) in [6, 6.07) is 8.45. The number of rotatable bonds is 2. The Morgan fingerprint density at radius 2 is 2.14 bits per heavy atom. The van der Waals surface area contributed by atoms with Crippen LogP contribution in [0.25, 0.3) is 0 Å². The van der Waals surface area contributed by atoms with Crippen molar-refractivity contribution >= 4 is 21.9 Å². The van der Waals surface area contributed by atoms with Gasteiger partial charge < -0.3 is 5.11 Å². The summed E-state index contributed by atoms with van der Waals surface area (Å²) in [5, 5.41) is 17.8. The first kappa shape index (κ1) is 10.7. The first-order chi connectivity index (χ1) is 6.49. The molecule has 72 valence electrons. The number of aromatic carboxylic acids is 1. The third kappa shape index (κ3) is 1.94. The van der Waals surface area contributed by atoms with Gasteiger partial charge >= 0.3 is 5.97 Å². The van der Waals surface area contributed by atoms with Crippen molar-refractivity contribution in [1.82, 2.24) is 0 Å². The minimum Gasteiger partial charge on any atom is -0.478 e. The van der Waals surface area contributed by atoms with E-state index in [9.17, 15) is 4.79 Å². The van der Waals surface area contributed by atoms with Gasteiger partial charge in [0.25, 0.3) is 0 Å². The Morgan fingerprint density at radius 1 is 1.57 bits per heavy atom. The van der Waals surface area contributed by atoms with Crippen molar-refractivity contribution in [2.24, 2.45) is 0 Å². The zero-order valence-corrected chi connectivity index (χ0v) is 9.08. The highest BCUT2D eigenvalue weighted by atomic mass is 79.9. The lowest BCUT2D eigenvalue weighted by Gasteiger charge is -2.15. The Bertz CT molecular complexity index is 407. The SMILES string of the molecule is CC(Br)(C#N)c1ccccc1C(=O)O. The number of carbonyl (C=O) groups is 1.